The fraction of sp³-hybridized carbons (Fsp3) is 0.368. The number of rotatable bonds is 2. The highest BCUT2D eigenvalue weighted by Crippen LogP contribution is 2.38. The van der Waals surface area contributed by atoms with Gasteiger partial charge in [-0.15, -0.1) is 0 Å². The van der Waals surface area contributed by atoms with Crippen molar-refractivity contribution < 1.29 is 4.79 Å². The summed E-state index contributed by atoms with van der Waals surface area (Å²) in [4.78, 5) is 19.1. The summed E-state index contributed by atoms with van der Waals surface area (Å²) in [7, 11) is 0. The van der Waals surface area contributed by atoms with Gasteiger partial charge in [0.25, 0.3) is 0 Å². The minimum absolute atomic E-state index is 0.151. The van der Waals surface area contributed by atoms with Crippen LogP contribution in [0.15, 0.2) is 36.7 Å². The molecule has 4 rings (SSSR count). The Morgan fingerprint density at radius 1 is 1.16 bits per heavy atom. The Hall–Kier alpha value is -1.62. The van der Waals surface area contributed by atoms with Gasteiger partial charge in [-0.3, -0.25) is 14.7 Å². The number of likely N-dealkylation sites (tertiary alicyclic amines) is 1. The van der Waals surface area contributed by atoms with Crippen LogP contribution in [0.2, 0.25) is 10.0 Å². The van der Waals surface area contributed by atoms with E-state index in [1.165, 1.54) is 11.1 Å². The molecule has 25 heavy (non-hydrogen) atoms. The molecule has 1 fully saturated rings. The Bertz CT molecular complexity index is 806. The summed E-state index contributed by atoms with van der Waals surface area (Å²) >= 11 is 12.5. The third kappa shape index (κ3) is 3.14. The quantitative estimate of drug-likeness (QED) is 0.873. The van der Waals surface area contributed by atoms with Crippen LogP contribution in [0.1, 0.15) is 23.1 Å². The van der Waals surface area contributed by atoms with Gasteiger partial charge in [0.1, 0.15) is 0 Å². The van der Waals surface area contributed by atoms with Gasteiger partial charge in [0.15, 0.2) is 0 Å². The standard InChI is InChI=1S/C19H19Cl2N3O/c20-16-9-22-10-17(21)15(16)11-24-6-5-19(12-24)7-13-3-1-2-4-14(13)8-23-18(19)25/h1-4,9-10H,5-8,11-12H2,(H,23,25). The van der Waals surface area contributed by atoms with Gasteiger partial charge in [-0.05, 0) is 30.5 Å². The number of carbonyl (C=O) groups excluding carboxylic acids is 1. The van der Waals surface area contributed by atoms with Gasteiger partial charge in [-0.1, -0.05) is 47.5 Å². The van der Waals surface area contributed by atoms with E-state index in [1.807, 2.05) is 12.1 Å². The van der Waals surface area contributed by atoms with Crippen molar-refractivity contribution in [3.63, 3.8) is 0 Å². The summed E-state index contributed by atoms with van der Waals surface area (Å²) < 4.78 is 0. The monoisotopic (exact) mass is 375 g/mol. The third-order valence-electron chi connectivity index (χ3n) is 5.34. The lowest BCUT2D eigenvalue weighted by Gasteiger charge is -2.26. The summed E-state index contributed by atoms with van der Waals surface area (Å²) in [5, 5.41) is 4.26. The van der Waals surface area contributed by atoms with Crippen LogP contribution in [-0.4, -0.2) is 28.9 Å². The van der Waals surface area contributed by atoms with Crippen molar-refractivity contribution in [3.05, 3.63) is 63.4 Å². The van der Waals surface area contributed by atoms with E-state index in [1.54, 1.807) is 12.4 Å². The smallest absolute Gasteiger partial charge is 0.228 e. The molecule has 1 N–H and O–H groups in total. The Morgan fingerprint density at radius 2 is 1.88 bits per heavy atom. The van der Waals surface area contributed by atoms with Crippen molar-refractivity contribution in [2.24, 2.45) is 5.41 Å². The van der Waals surface area contributed by atoms with Gasteiger partial charge in [0.2, 0.25) is 5.91 Å². The third-order valence-corrected chi connectivity index (χ3v) is 5.99. The molecule has 0 radical (unpaired) electrons. The zero-order chi connectivity index (χ0) is 17.4. The fourth-order valence-electron chi connectivity index (χ4n) is 3.95. The molecule has 1 amide bonds. The first-order valence-electron chi connectivity index (χ1n) is 8.43. The Balaban J connectivity index is 1.57. The molecule has 3 heterocycles. The van der Waals surface area contributed by atoms with Gasteiger partial charge in [0.05, 0.1) is 15.5 Å². The van der Waals surface area contributed by atoms with E-state index in [9.17, 15) is 4.79 Å². The summed E-state index contributed by atoms with van der Waals surface area (Å²) in [5.74, 6) is 0.151. The Kier molecular flexibility index (Phi) is 4.44. The summed E-state index contributed by atoms with van der Waals surface area (Å²) in [6, 6.07) is 8.30. The van der Waals surface area contributed by atoms with Crippen molar-refractivity contribution in [2.45, 2.75) is 25.9 Å². The number of nitrogens with zero attached hydrogens (tertiary/aromatic N) is 2. The molecule has 0 aliphatic carbocycles. The van der Waals surface area contributed by atoms with E-state index in [0.717, 1.165) is 24.9 Å². The van der Waals surface area contributed by atoms with Crippen LogP contribution in [-0.2, 0) is 24.3 Å². The maximum absolute atomic E-state index is 12.8. The van der Waals surface area contributed by atoms with E-state index in [2.05, 4.69) is 27.3 Å². The molecule has 4 nitrogen and oxygen atoms in total. The molecule has 0 saturated carbocycles. The number of hydrogen-bond donors (Lipinski definition) is 1. The maximum Gasteiger partial charge on any atom is 0.228 e. The van der Waals surface area contributed by atoms with Crippen LogP contribution in [0, 0.1) is 5.41 Å². The lowest BCUT2D eigenvalue weighted by molar-refractivity contribution is -0.130. The summed E-state index contributed by atoms with van der Waals surface area (Å²) in [6.07, 6.45) is 4.85. The Morgan fingerprint density at radius 3 is 2.64 bits per heavy atom. The van der Waals surface area contributed by atoms with E-state index < -0.39 is 0 Å². The van der Waals surface area contributed by atoms with Gasteiger partial charge in [0, 0.05) is 37.6 Å². The molecule has 1 aromatic carbocycles. The van der Waals surface area contributed by atoms with Crippen LogP contribution in [0.4, 0.5) is 0 Å². The van der Waals surface area contributed by atoms with E-state index in [0.29, 0.717) is 29.7 Å². The van der Waals surface area contributed by atoms with Gasteiger partial charge in [-0.25, -0.2) is 0 Å². The van der Waals surface area contributed by atoms with Gasteiger partial charge in [-0.2, -0.15) is 0 Å². The number of carbonyl (C=O) groups is 1. The first-order chi connectivity index (χ1) is 12.1. The molecule has 2 aromatic rings. The van der Waals surface area contributed by atoms with Gasteiger partial charge >= 0.3 is 0 Å². The second-order valence-electron chi connectivity index (χ2n) is 6.95. The summed E-state index contributed by atoms with van der Waals surface area (Å²) in [5.41, 5.74) is 2.98. The van der Waals surface area contributed by atoms with Crippen molar-refractivity contribution in [1.29, 1.82) is 0 Å². The van der Waals surface area contributed by atoms with Crippen LogP contribution in [0.25, 0.3) is 0 Å². The highest BCUT2D eigenvalue weighted by atomic mass is 35.5. The largest absolute Gasteiger partial charge is 0.351 e. The van der Waals surface area contributed by atoms with Crippen LogP contribution in [0.5, 0.6) is 0 Å². The number of benzene rings is 1. The molecule has 1 saturated heterocycles. The lowest BCUT2D eigenvalue weighted by atomic mass is 9.80. The number of aromatic nitrogens is 1. The molecule has 130 valence electrons. The number of fused-ring (bicyclic) bond motifs is 1. The average molecular weight is 376 g/mol. The maximum atomic E-state index is 12.8. The van der Waals surface area contributed by atoms with Crippen molar-refractivity contribution in [2.75, 3.05) is 13.1 Å². The van der Waals surface area contributed by atoms with Crippen LogP contribution in [0.3, 0.4) is 0 Å². The number of amides is 1. The minimum atomic E-state index is -0.376. The van der Waals surface area contributed by atoms with E-state index in [-0.39, 0.29) is 11.3 Å². The molecule has 2 aliphatic heterocycles. The van der Waals surface area contributed by atoms with Crippen LogP contribution < -0.4 is 5.32 Å². The first-order valence-corrected chi connectivity index (χ1v) is 9.18. The number of pyridine rings is 1. The molecule has 1 spiro atoms. The molecular formula is C19H19Cl2N3O. The van der Waals surface area contributed by atoms with Crippen molar-refractivity contribution in [3.8, 4) is 0 Å². The van der Waals surface area contributed by atoms with Crippen molar-refractivity contribution >= 4 is 29.1 Å². The Labute approximate surface area is 157 Å². The lowest BCUT2D eigenvalue weighted by Crippen LogP contribution is -2.42. The second-order valence-corrected chi connectivity index (χ2v) is 7.77. The highest BCUT2D eigenvalue weighted by molar-refractivity contribution is 6.35. The normalized spacial score (nSPS) is 23.4. The molecule has 1 atom stereocenters. The molecule has 0 bridgehead atoms. The zero-order valence-corrected chi connectivity index (χ0v) is 15.3. The predicted octanol–water partition coefficient (Wildman–Crippen LogP) is 3.45. The molecule has 1 unspecified atom stereocenters. The zero-order valence-electron chi connectivity index (χ0n) is 13.8. The molecule has 6 heteroatoms. The highest BCUT2D eigenvalue weighted by Gasteiger charge is 2.45. The minimum Gasteiger partial charge on any atom is -0.351 e. The SMILES string of the molecule is O=C1NCc2ccccc2CC12CCN(Cc1c(Cl)cncc1Cl)C2. The average Bonchev–Trinajstić information content (AvgIpc) is 2.95. The molecule has 1 aromatic heterocycles. The predicted molar refractivity (Wildman–Crippen MR) is 98.6 cm³/mol. The van der Waals surface area contributed by atoms with Crippen molar-refractivity contribution in [1.82, 2.24) is 15.2 Å². The topological polar surface area (TPSA) is 45.2 Å². The number of halogens is 2. The van der Waals surface area contributed by atoms with Gasteiger partial charge < -0.3 is 5.32 Å². The first kappa shape index (κ1) is 16.8. The second kappa shape index (κ2) is 6.60. The number of nitrogens with one attached hydrogen (secondary N) is 1. The van der Waals surface area contributed by atoms with Crippen LogP contribution >= 0.6 is 23.2 Å². The summed E-state index contributed by atoms with van der Waals surface area (Å²) in [6.45, 7) is 2.81. The molecule has 2 aliphatic rings. The number of hydrogen-bond acceptors (Lipinski definition) is 3. The molecular weight excluding hydrogens is 357 g/mol. The fourth-order valence-corrected chi connectivity index (χ4v) is 4.43. The van der Waals surface area contributed by atoms with E-state index in [4.69, 9.17) is 23.2 Å². The van der Waals surface area contributed by atoms with E-state index >= 15 is 0 Å².